The lowest BCUT2D eigenvalue weighted by Gasteiger charge is -2.40. The van der Waals surface area contributed by atoms with Crippen LogP contribution in [0.4, 0.5) is 0 Å². The topological polar surface area (TPSA) is 175 Å². The second kappa shape index (κ2) is 46.5. The quantitative estimate of drug-likeness (QED) is 0.0196. The second-order valence-electron chi connectivity index (χ2n) is 18.6. The van der Waals surface area contributed by atoms with Gasteiger partial charge in [0.15, 0.2) is 6.29 Å². The van der Waals surface area contributed by atoms with Crippen LogP contribution >= 0.6 is 0 Å². The van der Waals surface area contributed by atoms with Gasteiger partial charge in [0.05, 0.1) is 32.0 Å². The van der Waals surface area contributed by atoms with Gasteiger partial charge in [0, 0.05) is 12.8 Å². The van der Waals surface area contributed by atoms with E-state index in [-0.39, 0.29) is 18.5 Å². The number of amides is 1. The summed E-state index contributed by atoms with van der Waals surface area (Å²) in [5, 5.41) is 54.1. The molecule has 1 saturated heterocycles. The molecular formula is C57H99NO10. The molecule has 0 bridgehead atoms. The largest absolute Gasteiger partial charge is 0.466 e. The van der Waals surface area contributed by atoms with E-state index >= 15 is 0 Å². The van der Waals surface area contributed by atoms with E-state index in [2.05, 4.69) is 79.9 Å². The summed E-state index contributed by atoms with van der Waals surface area (Å²) in [6, 6.07) is -0.840. The van der Waals surface area contributed by atoms with Gasteiger partial charge < -0.3 is 45.1 Å². The molecule has 11 nitrogen and oxygen atoms in total. The van der Waals surface area contributed by atoms with Gasteiger partial charge in [-0.3, -0.25) is 9.59 Å². The normalized spacial score (nSPS) is 20.0. The summed E-state index contributed by atoms with van der Waals surface area (Å²) in [7, 11) is 0. The number of allylic oxidation sites excluding steroid dienone is 11. The first-order valence-corrected chi connectivity index (χ1v) is 27.2. The van der Waals surface area contributed by atoms with Gasteiger partial charge in [-0.05, 0) is 109 Å². The number of aliphatic hydroxyl groups excluding tert-OH is 5. The summed E-state index contributed by atoms with van der Waals surface area (Å²) >= 11 is 0. The van der Waals surface area contributed by atoms with Crippen LogP contribution in [0.15, 0.2) is 72.9 Å². The van der Waals surface area contributed by atoms with Crippen molar-refractivity contribution in [2.45, 2.75) is 256 Å². The average molecular weight is 958 g/mol. The highest BCUT2D eigenvalue weighted by atomic mass is 16.7. The number of aliphatic hydroxyl groups is 5. The van der Waals surface area contributed by atoms with Crippen LogP contribution in [0.1, 0.15) is 213 Å². The van der Waals surface area contributed by atoms with Crippen LogP contribution in [0.25, 0.3) is 0 Å². The fraction of sp³-hybridized carbons (Fsp3) is 0.754. The summed E-state index contributed by atoms with van der Waals surface area (Å²) in [5.74, 6) is -0.263. The molecule has 0 radical (unpaired) electrons. The first-order chi connectivity index (χ1) is 33.2. The van der Waals surface area contributed by atoms with E-state index in [0.717, 1.165) is 109 Å². The Hall–Kier alpha value is -2.90. The Morgan fingerprint density at radius 2 is 1.03 bits per heavy atom. The standard InChI is InChI=1S/C57H99NO10/c1-3-5-7-9-11-13-15-21-25-29-33-37-41-45-53(62)66-46-42-38-34-30-26-23-20-18-16-17-19-22-24-28-32-36-40-44-52(61)58-49(48-67-57-56(65)55(64)54(63)51(47-59)68-57)50(60)43-39-35-31-27-14-12-10-8-6-4-2/h7,9,13-16,18,23,26-27,39,43,49-51,54-57,59-60,63-65H,3-6,8,10-12,17,19-22,24-25,28-38,40-42,44-48H2,1-2H3,(H,58,61)/b9-7-,15-13-,18-16-,26-23-,27-14+,43-39+. The Morgan fingerprint density at radius 3 is 1.60 bits per heavy atom. The van der Waals surface area contributed by atoms with Crippen molar-refractivity contribution in [3.63, 3.8) is 0 Å². The molecular weight excluding hydrogens is 859 g/mol. The van der Waals surface area contributed by atoms with Gasteiger partial charge in [0.1, 0.15) is 24.4 Å². The molecule has 7 atom stereocenters. The van der Waals surface area contributed by atoms with Crippen molar-refractivity contribution < 1.29 is 49.3 Å². The molecule has 7 unspecified atom stereocenters. The molecule has 11 heteroatoms. The first kappa shape index (κ1) is 63.1. The van der Waals surface area contributed by atoms with Crippen LogP contribution in [0.2, 0.25) is 0 Å². The third-order valence-corrected chi connectivity index (χ3v) is 12.2. The van der Waals surface area contributed by atoms with Crippen molar-refractivity contribution in [3.8, 4) is 0 Å². The van der Waals surface area contributed by atoms with E-state index in [0.29, 0.717) is 19.4 Å². The Labute approximate surface area is 413 Å². The summed E-state index contributed by atoms with van der Waals surface area (Å²) in [4.78, 5) is 25.0. The van der Waals surface area contributed by atoms with E-state index in [1.165, 1.54) is 77.0 Å². The van der Waals surface area contributed by atoms with Crippen molar-refractivity contribution in [3.05, 3.63) is 72.9 Å². The fourth-order valence-electron chi connectivity index (χ4n) is 7.87. The number of carbonyl (C=O) groups is 2. The number of hydrogen-bond acceptors (Lipinski definition) is 10. The van der Waals surface area contributed by atoms with Gasteiger partial charge in [0.2, 0.25) is 5.91 Å². The van der Waals surface area contributed by atoms with Gasteiger partial charge in [-0.25, -0.2) is 0 Å². The van der Waals surface area contributed by atoms with Crippen LogP contribution in [0.3, 0.4) is 0 Å². The molecule has 0 aromatic rings. The Kier molecular flexibility index (Phi) is 43.1. The lowest BCUT2D eigenvalue weighted by molar-refractivity contribution is -0.302. The Bertz CT molecular complexity index is 1360. The van der Waals surface area contributed by atoms with Crippen molar-refractivity contribution in [2.24, 2.45) is 0 Å². The van der Waals surface area contributed by atoms with E-state index in [1.54, 1.807) is 6.08 Å². The molecule has 392 valence electrons. The highest BCUT2D eigenvalue weighted by Gasteiger charge is 2.44. The van der Waals surface area contributed by atoms with Gasteiger partial charge in [-0.2, -0.15) is 0 Å². The number of carbonyl (C=O) groups excluding carboxylic acids is 2. The third-order valence-electron chi connectivity index (χ3n) is 12.2. The van der Waals surface area contributed by atoms with E-state index < -0.39 is 49.5 Å². The van der Waals surface area contributed by atoms with Crippen molar-refractivity contribution in [2.75, 3.05) is 19.8 Å². The molecule has 1 rings (SSSR count). The van der Waals surface area contributed by atoms with Gasteiger partial charge >= 0.3 is 5.97 Å². The minimum atomic E-state index is -1.58. The average Bonchev–Trinajstić information content (AvgIpc) is 3.33. The fourth-order valence-corrected chi connectivity index (χ4v) is 7.87. The Balaban J connectivity index is 2.14. The third kappa shape index (κ3) is 36.1. The molecule has 1 heterocycles. The van der Waals surface area contributed by atoms with Gasteiger partial charge in [-0.15, -0.1) is 0 Å². The van der Waals surface area contributed by atoms with Gasteiger partial charge in [-0.1, -0.05) is 164 Å². The SMILES string of the molecule is CCC/C=C\C/C=C\CCCCCCCC(=O)OCCCCC/C=C\C/C=C\CCCCCCCCCC(=O)NC(COC1OC(CO)C(O)C(O)C1O)C(O)/C=C/CC/C=C/CCCCCC. The molecule has 1 amide bonds. The van der Waals surface area contributed by atoms with Crippen molar-refractivity contribution >= 4 is 11.9 Å². The molecule has 0 aliphatic carbocycles. The lowest BCUT2D eigenvalue weighted by atomic mass is 9.99. The second-order valence-corrected chi connectivity index (χ2v) is 18.6. The van der Waals surface area contributed by atoms with Crippen LogP contribution in [-0.2, 0) is 23.8 Å². The van der Waals surface area contributed by atoms with E-state index in [4.69, 9.17) is 14.2 Å². The zero-order valence-electron chi connectivity index (χ0n) is 42.8. The predicted octanol–water partition coefficient (Wildman–Crippen LogP) is 11.7. The molecule has 1 aliphatic rings. The number of unbranched alkanes of at least 4 members (excludes halogenated alkanes) is 21. The summed E-state index contributed by atoms with van der Waals surface area (Å²) in [6.07, 6.45) is 49.9. The number of ether oxygens (including phenoxy) is 3. The monoisotopic (exact) mass is 958 g/mol. The van der Waals surface area contributed by atoms with Crippen LogP contribution in [-0.4, -0.2) is 100 Å². The molecule has 1 aliphatic heterocycles. The summed E-state index contributed by atoms with van der Waals surface area (Å²) in [5.41, 5.74) is 0. The van der Waals surface area contributed by atoms with Crippen molar-refractivity contribution in [1.82, 2.24) is 5.32 Å². The minimum absolute atomic E-state index is 0.0500. The lowest BCUT2D eigenvalue weighted by Crippen LogP contribution is -2.60. The zero-order chi connectivity index (χ0) is 49.6. The predicted molar refractivity (Wildman–Crippen MR) is 278 cm³/mol. The maximum Gasteiger partial charge on any atom is 0.305 e. The molecule has 0 saturated carbocycles. The van der Waals surface area contributed by atoms with E-state index in [9.17, 15) is 35.1 Å². The van der Waals surface area contributed by atoms with Gasteiger partial charge in [0.25, 0.3) is 0 Å². The first-order valence-electron chi connectivity index (χ1n) is 27.2. The van der Waals surface area contributed by atoms with E-state index in [1.807, 2.05) is 6.08 Å². The molecule has 0 aromatic heterocycles. The van der Waals surface area contributed by atoms with Crippen LogP contribution in [0, 0.1) is 0 Å². The zero-order valence-corrected chi connectivity index (χ0v) is 42.8. The molecule has 0 spiro atoms. The number of esters is 1. The maximum absolute atomic E-state index is 13.0. The highest BCUT2D eigenvalue weighted by Crippen LogP contribution is 2.22. The molecule has 1 fully saturated rings. The number of hydrogen-bond donors (Lipinski definition) is 6. The minimum Gasteiger partial charge on any atom is -0.466 e. The van der Waals surface area contributed by atoms with Crippen LogP contribution < -0.4 is 5.32 Å². The Morgan fingerprint density at radius 1 is 0.544 bits per heavy atom. The van der Waals surface area contributed by atoms with Crippen LogP contribution in [0.5, 0.6) is 0 Å². The van der Waals surface area contributed by atoms with Crippen molar-refractivity contribution in [1.29, 1.82) is 0 Å². The number of rotatable bonds is 45. The molecule has 68 heavy (non-hydrogen) atoms. The number of nitrogens with one attached hydrogen (secondary N) is 1. The smallest absolute Gasteiger partial charge is 0.305 e. The highest BCUT2D eigenvalue weighted by molar-refractivity contribution is 5.76. The summed E-state index contributed by atoms with van der Waals surface area (Å²) < 4.78 is 16.6. The maximum atomic E-state index is 13.0. The summed E-state index contributed by atoms with van der Waals surface area (Å²) in [6.45, 7) is 4.14. The molecule has 6 N–H and O–H groups in total. The molecule has 0 aromatic carbocycles.